The van der Waals surface area contributed by atoms with E-state index in [1.54, 1.807) is 30.1 Å². The van der Waals surface area contributed by atoms with Crippen LogP contribution >= 0.6 is 11.6 Å². The number of hydrogen-bond acceptors (Lipinski definition) is 7. The van der Waals surface area contributed by atoms with E-state index in [0.717, 1.165) is 30.8 Å². The highest BCUT2D eigenvalue weighted by atomic mass is 35.5. The molecule has 4 atom stereocenters. The van der Waals surface area contributed by atoms with Crippen LogP contribution in [0, 0.1) is 5.82 Å². The average molecular weight is 637 g/mol. The van der Waals surface area contributed by atoms with Gasteiger partial charge in [-0.3, -0.25) is 14.7 Å². The minimum Gasteiger partial charge on any atom is -0.461 e. The number of pyridine rings is 1. The highest BCUT2D eigenvalue weighted by Crippen LogP contribution is 2.41. The maximum atomic E-state index is 16.6. The Kier molecular flexibility index (Phi) is 7.56. The van der Waals surface area contributed by atoms with Gasteiger partial charge in [-0.05, 0) is 36.9 Å². The van der Waals surface area contributed by atoms with Gasteiger partial charge in [0.05, 0.1) is 23.5 Å². The summed E-state index contributed by atoms with van der Waals surface area (Å²) in [5, 5.41) is 2.18. The third kappa shape index (κ3) is 5.06. The lowest BCUT2D eigenvalue weighted by Crippen LogP contribution is -2.43. The van der Waals surface area contributed by atoms with E-state index in [1.807, 2.05) is 18.2 Å². The second kappa shape index (κ2) is 11.4. The van der Waals surface area contributed by atoms with E-state index < -0.39 is 29.7 Å². The van der Waals surface area contributed by atoms with Crippen molar-refractivity contribution in [3.8, 4) is 17.3 Å². The minimum atomic E-state index is -1.39. The quantitative estimate of drug-likeness (QED) is 0.239. The van der Waals surface area contributed by atoms with Gasteiger partial charge in [-0.25, -0.2) is 13.2 Å². The zero-order chi connectivity index (χ0) is 31.5. The summed E-state index contributed by atoms with van der Waals surface area (Å²) >= 11 is 6.56. The monoisotopic (exact) mass is 636 g/mol. The largest absolute Gasteiger partial charge is 0.461 e. The fraction of sp³-hybridized carbons (Fsp3) is 0.394. The Hall–Kier alpha value is -3.96. The number of hydrogen-bond donors (Lipinski definition) is 0. The van der Waals surface area contributed by atoms with Crippen molar-refractivity contribution in [3.05, 3.63) is 66.1 Å². The van der Waals surface area contributed by atoms with Crippen molar-refractivity contribution in [1.82, 2.24) is 24.8 Å². The molecular formula is C33H32ClF3N6O2. The summed E-state index contributed by atoms with van der Waals surface area (Å²) in [5.41, 5.74) is 0.000956. The maximum absolute atomic E-state index is 16.6. The number of halogens is 4. The van der Waals surface area contributed by atoms with Crippen molar-refractivity contribution in [2.24, 2.45) is 0 Å². The van der Waals surface area contributed by atoms with Crippen molar-refractivity contribution in [1.29, 1.82) is 0 Å². The number of rotatable bonds is 7. The molecule has 234 valence electrons. The Labute approximate surface area is 263 Å². The SMILES string of the molecule is C=CC(=O)N1C[C@H](F)[C@@H](N(C)c2nc(OC[C@@]34CCCN3C[C@H](F)C4)nc3c(F)c(-c4cccc5cccc(Cl)c45)ncc23)C1. The van der Waals surface area contributed by atoms with E-state index >= 15 is 8.78 Å². The molecule has 8 nitrogen and oxygen atoms in total. The molecule has 0 radical (unpaired) electrons. The summed E-state index contributed by atoms with van der Waals surface area (Å²) in [6.45, 7) is 4.77. The molecule has 3 aliphatic heterocycles. The van der Waals surface area contributed by atoms with Crippen LogP contribution in [-0.4, -0.2) is 94.4 Å². The summed E-state index contributed by atoms with van der Waals surface area (Å²) < 4.78 is 52.6. The van der Waals surface area contributed by atoms with Gasteiger partial charge >= 0.3 is 6.01 Å². The predicted molar refractivity (Wildman–Crippen MR) is 168 cm³/mol. The van der Waals surface area contributed by atoms with Crippen LogP contribution in [-0.2, 0) is 4.79 Å². The van der Waals surface area contributed by atoms with Crippen molar-refractivity contribution in [3.63, 3.8) is 0 Å². The summed E-state index contributed by atoms with van der Waals surface area (Å²) in [6.07, 6.45) is 2.33. The summed E-state index contributed by atoms with van der Waals surface area (Å²) in [7, 11) is 1.64. The van der Waals surface area contributed by atoms with Crippen LogP contribution < -0.4 is 9.64 Å². The average Bonchev–Trinajstić information content (AvgIpc) is 3.70. The van der Waals surface area contributed by atoms with E-state index in [0.29, 0.717) is 28.9 Å². The lowest BCUT2D eigenvalue weighted by atomic mass is 9.95. The zero-order valence-electron chi connectivity index (χ0n) is 24.7. The number of carbonyl (C=O) groups is 1. The number of carbonyl (C=O) groups excluding carboxylic acids is 1. The number of likely N-dealkylation sites (N-methyl/N-ethyl adjacent to an activating group) is 1. The Morgan fingerprint density at radius 1 is 1.20 bits per heavy atom. The molecule has 3 saturated heterocycles. The van der Waals surface area contributed by atoms with Crippen molar-refractivity contribution >= 4 is 45.0 Å². The third-order valence-corrected chi connectivity index (χ3v) is 9.84. The van der Waals surface area contributed by atoms with Gasteiger partial charge in [0.15, 0.2) is 5.82 Å². The maximum Gasteiger partial charge on any atom is 0.319 e. The Morgan fingerprint density at radius 3 is 2.80 bits per heavy atom. The van der Waals surface area contributed by atoms with Gasteiger partial charge in [0, 0.05) is 48.7 Å². The van der Waals surface area contributed by atoms with E-state index in [1.165, 1.54) is 11.1 Å². The number of ether oxygens (including phenoxy) is 1. The molecule has 0 spiro atoms. The molecule has 2 aromatic carbocycles. The Bertz CT molecular complexity index is 1820. The first kappa shape index (κ1) is 29.7. The normalized spacial score (nSPS) is 24.8. The standard InChI is InChI=1S/C33H32ClF3N6O2/c1-3-26(44)42-16-24(36)25(17-42)41(2)31-22-14-38-29(21-9-4-7-19-8-5-10-23(34)27(19)21)28(37)30(22)39-32(40-31)45-18-33-11-6-12-43(33)15-20(35)13-33/h3-5,7-10,14,20,24-25H,1,6,11-13,15-18H2,2H3/t20-,24+,25+,33+/m1/s1. The third-order valence-electron chi connectivity index (χ3n) is 9.52. The molecule has 5 heterocycles. The topological polar surface area (TPSA) is 74.7 Å². The molecule has 7 rings (SSSR count). The van der Waals surface area contributed by atoms with Crippen LogP contribution in [0.15, 0.2) is 55.3 Å². The molecule has 0 unspecified atom stereocenters. The lowest BCUT2D eigenvalue weighted by molar-refractivity contribution is -0.125. The molecule has 45 heavy (non-hydrogen) atoms. The lowest BCUT2D eigenvalue weighted by Gasteiger charge is -2.31. The fourth-order valence-corrected chi connectivity index (χ4v) is 7.54. The van der Waals surface area contributed by atoms with Gasteiger partial charge in [-0.15, -0.1) is 0 Å². The Balaban J connectivity index is 1.33. The summed E-state index contributed by atoms with van der Waals surface area (Å²) in [5.74, 6) is -0.877. The number of alkyl halides is 2. The molecule has 3 aliphatic rings. The van der Waals surface area contributed by atoms with E-state index in [4.69, 9.17) is 16.3 Å². The smallest absolute Gasteiger partial charge is 0.319 e. The number of aromatic nitrogens is 3. The van der Waals surface area contributed by atoms with Gasteiger partial charge in [0.1, 0.15) is 36.0 Å². The minimum absolute atomic E-state index is 0.0445. The van der Waals surface area contributed by atoms with Gasteiger partial charge < -0.3 is 14.5 Å². The first-order chi connectivity index (χ1) is 21.7. The van der Waals surface area contributed by atoms with E-state index in [2.05, 4.69) is 26.4 Å². The van der Waals surface area contributed by atoms with Crippen LogP contribution in [0.4, 0.5) is 19.0 Å². The highest BCUT2D eigenvalue weighted by molar-refractivity contribution is 6.36. The molecule has 0 bridgehead atoms. The number of benzene rings is 2. The molecule has 0 aliphatic carbocycles. The van der Waals surface area contributed by atoms with E-state index in [-0.39, 0.29) is 54.0 Å². The van der Waals surface area contributed by atoms with Gasteiger partial charge in [0.2, 0.25) is 5.91 Å². The molecule has 12 heteroatoms. The molecule has 2 aromatic heterocycles. The molecule has 4 aromatic rings. The van der Waals surface area contributed by atoms with Gasteiger partial charge in [-0.1, -0.05) is 48.5 Å². The Morgan fingerprint density at radius 2 is 2.00 bits per heavy atom. The van der Waals surface area contributed by atoms with Crippen LogP contribution in [0.2, 0.25) is 5.02 Å². The molecule has 3 fully saturated rings. The van der Waals surface area contributed by atoms with Crippen molar-refractivity contribution < 1.29 is 22.7 Å². The second-order valence-electron chi connectivity index (χ2n) is 12.2. The first-order valence-corrected chi connectivity index (χ1v) is 15.4. The summed E-state index contributed by atoms with van der Waals surface area (Å²) in [4.78, 5) is 31.0. The molecular weight excluding hydrogens is 605 g/mol. The molecule has 0 N–H and O–H groups in total. The number of nitrogens with zero attached hydrogens (tertiary/aromatic N) is 6. The van der Waals surface area contributed by atoms with Crippen LogP contribution in [0.1, 0.15) is 19.3 Å². The zero-order valence-corrected chi connectivity index (χ0v) is 25.5. The predicted octanol–water partition coefficient (Wildman–Crippen LogP) is 5.76. The second-order valence-corrected chi connectivity index (χ2v) is 12.6. The van der Waals surface area contributed by atoms with Crippen molar-refractivity contribution in [2.45, 2.75) is 43.2 Å². The molecule has 1 amide bonds. The van der Waals surface area contributed by atoms with Crippen molar-refractivity contribution in [2.75, 3.05) is 44.7 Å². The van der Waals surface area contributed by atoms with Gasteiger partial charge in [0.25, 0.3) is 0 Å². The van der Waals surface area contributed by atoms with Gasteiger partial charge in [-0.2, -0.15) is 9.97 Å². The van der Waals surface area contributed by atoms with Crippen LogP contribution in [0.3, 0.4) is 0 Å². The first-order valence-electron chi connectivity index (χ1n) is 15.0. The molecule has 0 saturated carbocycles. The summed E-state index contributed by atoms with van der Waals surface area (Å²) in [6, 6.07) is 10.0. The fourth-order valence-electron chi connectivity index (χ4n) is 7.26. The number of fused-ring (bicyclic) bond motifs is 3. The number of likely N-dealkylation sites (tertiary alicyclic amines) is 1. The van der Waals surface area contributed by atoms with Crippen LogP contribution in [0.5, 0.6) is 6.01 Å². The number of anilines is 1. The number of amides is 1. The highest BCUT2D eigenvalue weighted by Gasteiger charge is 2.49. The van der Waals surface area contributed by atoms with Crippen LogP contribution in [0.25, 0.3) is 32.9 Å². The van der Waals surface area contributed by atoms with E-state index in [9.17, 15) is 9.18 Å².